The third-order valence-electron chi connectivity index (χ3n) is 4.43. The summed E-state index contributed by atoms with van der Waals surface area (Å²) in [7, 11) is -0.787. The predicted molar refractivity (Wildman–Crippen MR) is 114 cm³/mol. The molecule has 1 amide bonds. The van der Waals surface area contributed by atoms with Gasteiger partial charge in [0.2, 0.25) is 15.9 Å². The average molecular weight is 421 g/mol. The van der Waals surface area contributed by atoms with Gasteiger partial charge in [0, 0.05) is 12.6 Å². The van der Waals surface area contributed by atoms with Crippen molar-refractivity contribution in [3.05, 3.63) is 53.6 Å². The fourth-order valence-electron chi connectivity index (χ4n) is 2.83. The molecule has 0 aliphatic carbocycles. The van der Waals surface area contributed by atoms with Crippen LogP contribution in [0, 0.1) is 6.92 Å². The van der Waals surface area contributed by atoms with Gasteiger partial charge in [0.1, 0.15) is 18.0 Å². The van der Waals surface area contributed by atoms with E-state index >= 15 is 0 Å². The van der Waals surface area contributed by atoms with E-state index in [4.69, 9.17) is 9.47 Å². The maximum absolute atomic E-state index is 12.4. The van der Waals surface area contributed by atoms with Crippen molar-refractivity contribution in [3.63, 3.8) is 0 Å². The molecule has 0 bridgehead atoms. The summed E-state index contributed by atoms with van der Waals surface area (Å²) in [6, 6.07) is 13.0. The number of ether oxygens (including phenoxy) is 2. The first-order valence-corrected chi connectivity index (χ1v) is 11.1. The van der Waals surface area contributed by atoms with E-state index in [0.29, 0.717) is 18.0 Å². The second-order valence-electron chi connectivity index (χ2n) is 6.75. The van der Waals surface area contributed by atoms with Crippen LogP contribution in [-0.4, -0.2) is 47.9 Å². The van der Waals surface area contributed by atoms with Gasteiger partial charge in [-0.2, -0.15) is 0 Å². The summed E-state index contributed by atoms with van der Waals surface area (Å²) in [5.41, 5.74) is 2.66. The van der Waals surface area contributed by atoms with Gasteiger partial charge in [0.15, 0.2) is 0 Å². The Kier molecular flexibility index (Phi) is 7.90. The van der Waals surface area contributed by atoms with Gasteiger partial charge in [-0.25, -0.2) is 8.42 Å². The molecule has 0 fully saturated rings. The largest absolute Gasteiger partial charge is 0.497 e. The molecular weight excluding hydrogens is 392 g/mol. The van der Waals surface area contributed by atoms with Crippen molar-refractivity contribution in [1.82, 2.24) is 5.32 Å². The number of amides is 1. The molecule has 0 spiro atoms. The van der Waals surface area contributed by atoms with Crippen molar-refractivity contribution in [2.45, 2.75) is 19.8 Å². The molecule has 0 saturated heterocycles. The minimum Gasteiger partial charge on any atom is -0.497 e. The average Bonchev–Trinajstić information content (AvgIpc) is 2.69. The highest BCUT2D eigenvalue weighted by atomic mass is 32.2. The van der Waals surface area contributed by atoms with Gasteiger partial charge < -0.3 is 14.8 Å². The molecule has 7 nitrogen and oxygen atoms in total. The maximum Gasteiger partial charge on any atom is 0.240 e. The Morgan fingerprint density at radius 3 is 2.34 bits per heavy atom. The van der Waals surface area contributed by atoms with Crippen LogP contribution in [0.1, 0.15) is 17.5 Å². The van der Waals surface area contributed by atoms with E-state index in [2.05, 4.69) is 29.6 Å². The van der Waals surface area contributed by atoms with Crippen LogP contribution in [-0.2, 0) is 21.2 Å². The molecule has 0 radical (unpaired) electrons. The Morgan fingerprint density at radius 1 is 1.07 bits per heavy atom. The van der Waals surface area contributed by atoms with E-state index in [0.717, 1.165) is 23.4 Å². The fourth-order valence-corrected chi connectivity index (χ4v) is 3.69. The molecule has 1 N–H and O–H groups in total. The molecule has 0 aromatic heterocycles. The molecule has 0 saturated carbocycles. The van der Waals surface area contributed by atoms with E-state index in [-0.39, 0.29) is 18.1 Å². The van der Waals surface area contributed by atoms with E-state index in [1.165, 1.54) is 31.4 Å². The standard InChI is InChI=1S/C21H28N2O5S/c1-16-7-9-17(10-8-16)6-5-13-22-21(24)15-23(29(4,25)26)19-14-18(27-2)11-12-20(19)28-3/h7-12,14H,5-6,13,15H2,1-4H3,(H,22,24). The molecule has 2 rings (SSSR count). The van der Waals surface area contributed by atoms with E-state index in [9.17, 15) is 13.2 Å². The SMILES string of the molecule is COc1ccc(OC)c(N(CC(=O)NCCCc2ccc(C)cc2)S(C)(=O)=O)c1. The van der Waals surface area contributed by atoms with Crippen LogP contribution in [0.5, 0.6) is 11.5 Å². The van der Waals surface area contributed by atoms with Gasteiger partial charge in [-0.05, 0) is 37.5 Å². The molecule has 2 aromatic rings. The number of rotatable bonds is 10. The van der Waals surface area contributed by atoms with Gasteiger partial charge in [0.05, 0.1) is 26.2 Å². The molecule has 0 unspecified atom stereocenters. The molecule has 0 aliphatic heterocycles. The number of carbonyl (C=O) groups excluding carboxylic acids is 1. The number of nitrogens with one attached hydrogen (secondary N) is 1. The quantitative estimate of drug-likeness (QED) is 0.597. The lowest BCUT2D eigenvalue weighted by molar-refractivity contribution is -0.119. The van der Waals surface area contributed by atoms with Crippen molar-refractivity contribution in [2.24, 2.45) is 0 Å². The van der Waals surface area contributed by atoms with Crippen molar-refractivity contribution in [1.29, 1.82) is 0 Å². The van der Waals surface area contributed by atoms with Crippen LogP contribution in [0.15, 0.2) is 42.5 Å². The van der Waals surface area contributed by atoms with Gasteiger partial charge in [-0.3, -0.25) is 9.10 Å². The lowest BCUT2D eigenvalue weighted by Gasteiger charge is -2.24. The number of methoxy groups -OCH3 is 2. The Balaban J connectivity index is 2.01. The molecule has 0 aliphatic rings. The highest BCUT2D eigenvalue weighted by Crippen LogP contribution is 2.33. The zero-order chi connectivity index (χ0) is 21.4. The normalized spacial score (nSPS) is 11.0. The number of hydrogen-bond donors (Lipinski definition) is 1. The Bertz CT molecular complexity index is 927. The van der Waals surface area contributed by atoms with Crippen LogP contribution >= 0.6 is 0 Å². The van der Waals surface area contributed by atoms with Crippen LogP contribution in [0.25, 0.3) is 0 Å². The number of hydrogen-bond acceptors (Lipinski definition) is 5. The number of sulfonamides is 1. The van der Waals surface area contributed by atoms with E-state index in [1.807, 2.05) is 6.92 Å². The fraction of sp³-hybridized carbons (Fsp3) is 0.381. The topological polar surface area (TPSA) is 84.9 Å². The molecule has 2 aromatic carbocycles. The minimum atomic E-state index is -3.71. The zero-order valence-electron chi connectivity index (χ0n) is 17.3. The molecule has 158 valence electrons. The van der Waals surface area contributed by atoms with E-state index in [1.54, 1.807) is 12.1 Å². The number of benzene rings is 2. The third-order valence-corrected chi connectivity index (χ3v) is 5.55. The first-order valence-electron chi connectivity index (χ1n) is 9.26. The van der Waals surface area contributed by atoms with Gasteiger partial charge in [-0.1, -0.05) is 29.8 Å². The lowest BCUT2D eigenvalue weighted by atomic mass is 10.1. The number of aryl methyl sites for hydroxylation is 2. The minimum absolute atomic E-state index is 0.254. The van der Waals surface area contributed by atoms with Crippen molar-refractivity contribution < 1.29 is 22.7 Å². The monoisotopic (exact) mass is 420 g/mol. The van der Waals surface area contributed by atoms with Crippen LogP contribution < -0.4 is 19.1 Å². The van der Waals surface area contributed by atoms with Crippen molar-refractivity contribution >= 4 is 21.6 Å². The molecule has 0 heterocycles. The molecule has 0 atom stereocenters. The predicted octanol–water partition coefficient (Wildman–Crippen LogP) is 2.53. The summed E-state index contributed by atoms with van der Waals surface area (Å²) >= 11 is 0. The number of nitrogens with zero attached hydrogens (tertiary/aromatic N) is 1. The van der Waals surface area contributed by atoms with Crippen LogP contribution in [0.2, 0.25) is 0 Å². The van der Waals surface area contributed by atoms with Crippen LogP contribution in [0.3, 0.4) is 0 Å². The van der Waals surface area contributed by atoms with Crippen LogP contribution in [0.4, 0.5) is 5.69 Å². The second-order valence-corrected chi connectivity index (χ2v) is 8.65. The summed E-state index contributed by atoms with van der Waals surface area (Å²) in [6.45, 7) is 2.15. The molecule has 8 heteroatoms. The third kappa shape index (κ3) is 6.67. The summed E-state index contributed by atoms with van der Waals surface area (Å²) in [6.07, 6.45) is 2.65. The second kappa shape index (κ2) is 10.2. The Morgan fingerprint density at radius 2 is 1.76 bits per heavy atom. The summed E-state index contributed by atoms with van der Waals surface area (Å²) in [5.74, 6) is 0.417. The van der Waals surface area contributed by atoms with Gasteiger partial charge in [0.25, 0.3) is 0 Å². The highest BCUT2D eigenvalue weighted by molar-refractivity contribution is 7.92. The van der Waals surface area contributed by atoms with Crippen molar-refractivity contribution in [3.8, 4) is 11.5 Å². The zero-order valence-corrected chi connectivity index (χ0v) is 18.1. The lowest BCUT2D eigenvalue weighted by Crippen LogP contribution is -2.40. The Labute approximate surface area is 172 Å². The van der Waals surface area contributed by atoms with Gasteiger partial charge in [-0.15, -0.1) is 0 Å². The van der Waals surface area contributed by atoms with Crippen molar-refractivity contribution in [2.75, 3.05) is 37.9 Å². The first-order chi connectivity index (χ1) is 13.7. The summed E-state index contributed by atoms with van der Waals surface area (Å²) in [4.78, 5) is 12.4. The summed E-state index contributed by atoms with van der Waals surface area (Å²) in [5, 5.41) is 2.79. The number of anilines is 1. The maximum atomic E-state index is 12.4. The number of carbonyl (C=O) groups is 1. The smallest absolute Gasteiger partial charge is 0.240 e. The Hall–Kier alpha value is -2.74. The summed E-state index contributed by atoms with van der Waals surface area (Å²) < 4.78 is 36.1. The molecule has 29 heavy (non-hydrogen) atoms. The highest BCUT2D eigenvalue weighted by Gasteiger charge is 2.24. The van der Waals surface area contributed by atoms with Gasteiger partial charge >= 0.3 is 0 Å². The first kappa shape index (κ1) is 22.5. The molecular formula is C21H28N2O5S. The van der Waals surface area contributed by atoms with E-state index < -0.39 is 10.0 Å².